The summed E-state index contributed by atoms with van der Waals surface area (Å²) in [5.41, 5.74) is 4.76. The first-order valence-corrected chi connectivity index (χ1v) is 12.8. The number of carbonyl (C=O) groups excluding carboxylic acids is 1. The van der Waals surface area contributed by atoms with E-state index in [1.54, 1.807) is 12.1 Å². The molecule has 2 aliphatic heterocycles. The smallest absolute Gasteiger partial charge is 0.258 e. The number of benzene rings is 2. The standard InChI is InChI=1S/C27H34N6O2/c1-31-8-10-32(11-9-31)15-18-6-7-19-16-33(17-20(19)12-18)27(35)23-13-22-24(14-25(23)34)29-30-26(22)28-21-4-2-3-5-21/h6-7,12-14,21,34H,2-5,8-11,15-17H2,1H3,(H2,28,29,30). The Balaban J connectivity index is 1.18. The van der Waals surface area contributed by atoms with Crippen LogP contribution in [0.3, 0.4) is 0 Å². The lowest BCUT2D eigenvalue weighted by Gasteiger charge is -2.32. The van der Waals surface area contributed by atoms with Crippen molar-refractivity contribution in [2.45, 2.75) is 51.4 Å². The molecule has 1 amide bonds. The summed E-state index contributed by atoms with van der Waals surface area (Å²) in [6, 6.07) is 10.4. The molecule has 3 aromatic rings. The zero-order chi connectivity index (χ0) is 23.9. The number of phenolic OH excluding ortho intramolecular Hbond substituents is 1. The van der Waals surface area contributed by atoms with E-state index < -0.39 is 0 Å². The molecule has 35 heavy (non-hydrogen) atoms. The van der Waals surface area contributed by atoms with E-state index in [0.717, 1.165) is 62.3 Å². The van der Waals surface area contributed by atoms with Crippen LogP contribution in [0.4, 0.5) is 5.82 Å². The Kier molecular flexibility index (Phi) is 5.86. The van der Waals surface area contributed by atoms with Gasteiger partial charge in [0.15, 0.2) is 5.82 Å². The third-order valence-corrected chi connectivity index (χ3v) is 7.89. The normalized spacial score (nSPS) is 19.5. The topological polar surface area (TPSA) is 87.7 Å². The van der Waals surface area contributed by atoms with Crippen LogP contribution in [0.2, 0.25) is 0 Å². The van der Waals surface area contributed by atoms with E-state index in [9.17, 15) is 9.90 Å². The highest BCUT2D eigenvalue weighted by Gasteiger charge is 2.28. The second-order valence-corrected chi connectivity index (χ2v) is 10.5. The fourth-order valence-corrected chi connectivity index (χ4v) is 5.72. The van der Waals surface area contributed by atoms with Crippen molar-refractivity contribution in [1.82, 2.24) is 24.9 Å². The van der Waals surface area contributed by atoms with Gasteiger partial charge < -0.3 is 20.2 Å². The number of piperazine rings is 1. The molecule has 0 bridgehead atoms. The summed E-state index contributed by atoms with van der Waals surface area (Å²) in [7, 11) is 2.17. The van der Waals surface area contributed by atoms with Crippen LogP contribution in [0.15, 0.2) is 30.3 Å². The van der Waals surface area contributed by atoms with Gasteiger partial charge in [-0.3, -0.25) is 14.8 Å². The van der Waals surface area contributed by atoms with E-state index in [1.165, 1.54) is 29.5 Å². The highest BCUT2D eigenvalue weighted by molar-refractivity contribution is 6.03. The first-order chi connectivity index (χ1) is 17.0. The van der Waals surface area contributed by atoms with Gasteiger partial charge in [-0.25, -0.2) is 0 Å². The molecule has 3 heterocycles. The van der Waals surface area contributed by atoms with E-state index >= 15 is 0 Å². The fraction of sp³-hybridized carbons (Fsp3) is 0.481. The molecular weight excluding hydrogens is 440 g/mol. The van der Waals surface area contributed by atoms with Crippen LogP contribution in [0.25, 0.3) is 10.9 Å². The summed E-state index contributed by atoms with van der Waals surface area (Å²) in [5, 5.41) is 22.4. The molecule has 3 aliphatic rings. The second-order valence-electron chi connectivity index (χ2n) is 10.5. The molecule has 2 aromatic carbocycles. The van der Waals surface area contributed by atoms with E-state index in [4.69, 9.17) is 0 Å². The maximum Gasteiger partial charge on any atom is 0.258 e. The minimum Gasteiger partial charge on any atom is -0.507 e. The van der Waals surface area contributed by atoms with Gasteiger partial charge in [-0.15, -0.1) is 0 Å². The van der Waals surface area contributed by atoms with Gasteiger partial charge in [-0.2, -0.15) is 5.10 Å². The first-order valence-electron chi connectivity index (χ1n) is 12.8. The predicted octanol–water partition coefficient (Wildman–Crippen LogP) is 3.53. The molecule has 8 heteroatoms. The molecule has 6 rings (SSSR count). The van der Waals surface area contributed by atoms with Gasteiger partial charge in [0.1, 0.15) is 5.75 Å². The SMILES string of the molecule is CN1CCN(Cc2ccc3c(c2)CN(C(=O)c2cc4c(NC5CCCC5)n[nH]c4cc2O)C3)CC1. The van der Waals surface area contributed by atoms with Gasteiger partial charge >= 0.3 is 0 Å². The van der Waals surface area contributed by atoms with E-state index in [-0.39, 0.29) is 11.7 Å². The molecular formula is C27H34N6O2. The van der Waals surface area contributed by atoms with Crippen molar-refractivity contribution in [2.24, 2.45) is 0 Å². The number of nitrogens with zero attached hydrogens (tertiary/aromatic N) is 4. The summed E-state index contributed by atoms with van der Waals surface area (Å²) in [6.07, 6.45) is 4.75. The van der Waals surface area contributed by atoms with Crippen LogP contribution in [0.1, 0.15) is 52.7 Å². The molecule has 1 saturated carbocycles. The van der Waals surface area contributed by atoms with Gasteiger partial charge in [-0.1, -0.05) is 31.0 Å². The van der Waals surface area contributed by atoms with Gasteiger partial charge in [-0.05, 0) is 42.6 Å². The number of aromatic hydroxyl groups is 1. The van der Waals surface area contributed by atoms with Crippen molar-refractivity contribution >= 4 is 22.6 Å². The molecule has 8 nitrogen and oxygen atoms in total. The fourth-order valence-electron chi connectivity index (χ4n) is 5.72. The first kappa shape index (κ1) is 22.4. The molecule has 0 spiro atoms. The monoisotopic (exact) mass is 474 g/mol. The Morgan fingerprint density at radius 2 is 1.86 bits per heavy atom. The van der Waals surface area contributed by atoms with Crippen molar-refractivity contribution in [3.63, 3.8) is 0 Å². The number of aromatic nitrogens is 2. The van der Waals surface area contributed by atoms with Crippen LogP contribution in [-0.2, 0) is 19.6 Å². The number of hydrogen-bond donors (Lipinski definition) is 3. The van der Waals surface area contributed by atoms with E-state index in [2.05, 4.69) is 50.6 Å². The molecule has 1 aromatic heterocycles. The number of nitrogens with one attached hydrogen (secondary N) is 2. The van der Waals surface area contributed by atoms with Crippen LogP contribution in [0, 0.1) is 0 Å². The Hall–Kier alpha value is -3.10. The number of amides is 1. The maximum atomic E-state index is 13.5. The van der Waals surface area contributed by atoms with Crippen molar-refractivity contribution in [1.29, 1.82) is 0 Å². The van der Waals surface area contributed by atoms with E-state index in [1.807, 2.05) is 4.90 Å². The molecule has 2 fully saturated rings. The van der Waals surface area contributed by atoms with Crippen LogP contribution in [-0.4, -0.2) is 75.2 Å². The molecule has 1 saturated heterocycles. The van der Waals surface area contributed by atoms with Gasteiger partial charge in [0.25, 0.3) is 5.91 Å². The van der Waals surface area contributed by atoms with Gasteiger partial charge in [0.05, 0.1) is 11.1 Å². The van der Waals surface area contributed by atoms with Crippen LogP contribution >= 0.6 is 0 Å². The number of fused-ring (bicyclic) bond motifs is 2. The molecule has 1 aliphatic carbocycles. The number of aromatic amines is 1. The van der Waals surface area contributed by atoms with E-state index in [0.29, 0.717) is 24.7 Å². The Morgan fingerprint density at radius 3 is 2.66 bits per heavy atom. The summed E-state index contributed by atoms with van der Waals surface area (Å²) < 4.78 is 0. The number of H-pyrrole nitrogens is 1. The predicted molar refractivity (Wildman–Crippen MR) is 136 cm³/mol. The van der Waals surface area contributed by atoms with Crippen LogP contribution in [0.5, 0.6) is 5.75 Å². The lowest BCUT2D eigenvalue weighted by Crippen LogP contribution is -2.43. The number of phenols is 1. The summed E-state index contributed by atoms with van der Waals surface area (Å²) in [4.78, 5) is 20.2. The average molecular weight is 475 g/mol. The Bertz CT molecular complexity index is 1240. The number of hydrogen-bond acceptors (Lipinski definition) is 6. The number of likely N-dealkylation sites (N-methyl/N-ethyl adjacent to an activating group) is 1. The van der Waals surface area contributed by atoms with Crippen molar-refractivity contribution < 1.29 is 9.90 Å². The molecule has 0 unspecified atom stereocenters. The lowest BCUT2D eigenvalue weighted by atomic mass is 10.1. The number of rotatable bonds is 5. The average Bonchev–Trinajstić information content (AvgIpc) is 3.60. The quantitative estimate of drug-likeness (QED) is 0.525. The maximum absolute atomic E-state index is 13.5. The summed E-state index contributed by atoms with van der Waals surface area (Å²) in [5.74, 6) is 0.610. The highest BCUT2D eigenvalue weighted by Crippen LogP contribution is 2.33. The number of carbonyl (C=O) groups is 1. The van der Waals surface area contributed by atoms with Crippen LogP contribution < -0.4 is 5.32 Å². The molecule has 0 atom stereocenters. The van der Waals surface area contributed by atoms with Crippen molar-refractivity contribution in [3.8, 4) is 5.75 Å². The zero-order valence-electron chi connectivity index (χ0n) is 20.4. The summed E-state index contributed by atoms with van der Waals surface area (Å²) in [6.45, 7) is 6.48. The zero-order valence-corrected chi connectivity index (χ0v) is 20.4. The third-order valence-electron chi connectivity index (χ3n) is 7.89. The minimum atomic E-state index is -0.144. The number of anilines is 1. The summed E-state index contributed by atoms with van der Waals surface area (Å²) >= 11 is 0. The molecule has 3 N–H and O–H groups in total. The minimum absolute atomic E-state index is 0.00900. The highest BCUT2D eigenvalue weighted by atomic mass is 16.3. The lowest BCUT2D eigenvalue weighted by molar-refractivity contribution is 0.0748. The Labute approximate surface area is 205 Å². The molecule has 0 radical (unpaired) electrons. The molecule has 184 valence electrons. The van der Waals surface area contributed by atoms with Crippen molar-refractivity contribution in [3.05, 3.63) is 52.6 Å². The second kappa shape index (κ2) is 9.17. The third kappa shape index (κ3) is 4.48. The van der Waals surface area contributed by atoms with Gasteiger partial charge in [0.2, 0.25) is 0 Å². The van der Waals surface area contributed by atoms with Gasteiger partial charge in [0, 0.05) is 63.3 Å². The Morgan fingerprint density at radius 1 is 1.09 bits per heavy atom. The largest absolute Gasteiger partial charge is 0.507 e. The van der Waals surface area contributed by atoms with Crippen molar-refractivity contribution in [2.75, 3.05) is 38.5 Å².